The lowest BCUT2D eigenvalue weighted by Gasteiger charge is -2.37. The first-order valence-corrected chi connectivity index (χ1v) is 7.64. The summed E-state index contributed by atoms with van der Waals surface area (Å²) in [6.45, 7) is 12.5. The Morgan fingerprint density at radius 1 is 1.15 bits per heavy atom. The highest BCUT2D eigenvalue weighted by atomic mass is 15.3. The Balaban J connectivity index is 1.54. The summed E-state index contributed by atoms with van der Waals surface area (Å²) in [7, 11) is 0. The van der Waals surface area contributed by atoms with Crippen molar-refractivity contribution in [3.63, 3.8) is 0 Å². The van der Waals surface area contributed by atoms with Crippen molar-refractivity contribution in [3.8, 4) is 0 Å². The van der Waals surface area contributed by atoms with Gasteiger partial charge in [-0.3, -0.25) is 4.90 Å². The molecule has 0 atom stereocenters. The smallest absolute Gasteiger partial charge is 0.0369 e. The number of hydrogen-bond donors (Lipinski definition) is 1. The van der Waals surface area contributed by atoms with Gasteiger partial charge in [0.1, 0.15) is 0 Å². The Kier molecular flexibility index (Phi) is 4.08. The number of rotatable bonds is 3. The number of nitrogens with one attached hydrogen (secondary N) is 1. The van der Waals surface area contributed by atoms with Gasteiger partial charge in [0.15, 0.2) is 0 Å². The molecular formula is C17H25N3. The fourth-order valence-corrected chi connectivity index (χ4v) is 2.99. The first-order chi connectivity index (χ1) is 9.72. The molecule has 0 aromatic heterocycles. The fourth-order valence-electron chi connectivity index (χ4n) is 2.99. The van der Waals surface area contributed by atoms with E-state index in [9.17, 15) is 0 Å². The van der Waals surface area contributed by atoms with Crippen molar-refractivity contribution >= 4 is 5.69 Å². The van der Waals surface area contributed by atoms with Crippen LogP contribution in [0, 0.1) is 6.92 Å². The lowest BCUT2D eigenvalue weighted by Crippen LogP contribution is -2.47. The maximum Gasteiger partial charge on any atom is 0.0369 e. The lowest BCUT2D eigenvalue weighted by molar-refractivity contribution is 0.276. The maximum absolute atomic E-state index is 3.33. The molecule has 0 aliphatic carbocycles. The van der Waals surface area contributed by atoms with E-state index in [1.807, 2.05) is 0 Å². The molecule has 3 nitrogen and oxygen atoms in total. The summed E-state index contributed by atoms with van der Waals surface area (Å²) >= 11 is 0. The van der Waals surface area contributed by atoms with E-state index in [1.165, 1.54) is 24.3 Å². The van der Waals surface area contributed by atoms with Crippen LogP contribution in [0.4, 0.5) is 5.69 Å². The molecule has 1 N–H and O–H groups in total. The van der Waals surface area contributed by atoms with Gasteiger partial charge in [-0.25, -0.2) is 0 Å². The second-order valence-corrected chi connectivity index (χ2v) is 6.09. The molecule has 20 heavy (non-hydrogen) atoms. The Morgan fingerprint density at radius 2 is 1.90 bits per heavy atom. The first kappa shape index (κ1) is 13.7. The number of anilines is 1. The zero-order valence-electron chi connectivity index (χ0n) is 12.7. The molecule has 0 saturated carbocycles. The highest BCUT2D eigenvalue weighted by molar-refractivity contribution is 5.48. The third kappa shape index (κ3) is 3.05. The molecular weight excluding hydrogens is 246 g/mol. The Bertz CT molecular complexity index is 493. The van der Waals surface area contributed by atoms with Crippen LogP contribution in [-0.4, -0.2) is 50.7 Å². The maximum atomic E-state index is 3.33. The summed E-state index contributed by atoms with van der Waals surface area (Å²) in [4.78, 5) is 5.10. The Morgan fingerprint density at radius 3 is 2.50 bits per heavy atom. The summed E-state index contributed by atoms with van der Waals surface area (Å²) in [5.74, 6) is 0. The minimum atomic E-state index is 1.11. The van der Waals surface area contributed by atoms with Crippen molar-refractivity contribution in [2.45, 2.75) is 13.8 Å². The molecule has 3 heteroatoms. The molecule has 108 valence electrons. The van der Waals surface area contributed by atoms with Crippen LogP contribution in [0.3, 0.4) is 0 Å². The summed E-state index contributed by atoms with van der Waals surface area (Å²) in [5, 5.41) is 3.33. The van der Waals surface area contributed by atoms with Gasteiger partial charge in [-0.1, -0.05) is 17.7 Å². The van der Waals surface area contributed by atoms with E-state index < -0.39 is 0 Å². The molecule has 2 aliphatic rings. The highest BCUT2D eigenvalue weighted by Gasteiger charge is 2.19. The van der Waals surface area contributed by atoms with Crippen LogP contribution < -0.4 is 10.2 Å². The van der Waals surface area contributed by atoms with E-state index in [-0.39, 0.29) is 0 Å². The predicted molar refractivity (Wildman–Crippen MR) is 85.4 cm³/mol. The molecule has 0 spiro atoms. The molecule has 2 fully saturated rings. The number of aryl methyl sites for hydroxylation is 1. The number of nitrogens with zero attached hydrogens (tertiary/aromatic N) is 2. The van der Waals surface area contributed by atoms with Gasteiger partial charge in [-0.2, -0.15) is 0 Å². The fraction of sp³-hybridized carbons (Fsp3) is 0.529. The molecule has 2 saturated heterocycles. The summed E-state index contributed by atoms with van der Waals surface area (Å²) in [6, 6.07) is 8.86. The van der Waals surface area contributed by atoms with Gasteiger partial charge in [0, 0.05) is 51.5 Å². The normalized spacial score (nSPS) is 19.9. The molecule has 0 unspecified atom stereocenters. The van der Waals surface area contributed by atoms with Crippen molar-refractivity contribution in [2.75, 3.05) is 50.7 Å². The second-order valence-electron chi connectivity index (χ2n) is 6.09. The van der Waals surface area contributed by atoms with Crippen molar-refractivity contribution in [3.05, 3.63) is 41.0 Å². The average molecular weight is 271 g/mol. The van der Waals surface area contributed by atoms with Crippen molar-refractivity contribution in [1.82, 2.24) is 10.2 Å². The van der Waals surface area contributed by atoms with Gasteiger partial charge in [0.05, 0.1) is 0 Å². The zero-order chi connectivity index (χ0) is 13.9. The van der Waals surface area contributed by atoms with E-state index in [2.05, 4.69) is 53.2 Å². The van der Waals surface area contributed by atoms with Crippen LogP contribution in [-0.2, 0) is 0 Å². The van der Waals surface area contributed by atoms with Gasteiger partial charge in [-0.15, -0.1) is 0 Å². The van der Waals surface area contributed by atoms with E-state index in [4.69, 9.17) is 0 Å². The molecule has 2 heterocycles. The molecule has 0 radical (unpaired) electrons. The van der Waals surface area contributed by atoms with Crippen LogP contribution in [0.1, 0.15) is 12.5 Å². The van der Waals surface area contributed by atoms with Crippen LogP contribution in [0.2, 0.25) is 0 Å². The number of benzene rings is 1. The highest BCUT2D eigenvalue weighted by Crippen LogP contribution is 2.18. The second kappa shape index (κ2) is 5.98. The van der Waals surface area contributed by atoms with Crippen LogP contribution in [0.25, 0.3) is 0 Å². The van der Waals surface area contributed by atoms with Gasteiger partial charge in [0.2, 0.25) is 0 Å². The SMILES string of the molecule is CC(CN1CCN(c2cccc(C)c2)CC1)=C1CNC1. The summed E-state index contributed by atoms with van der Waals surface area (Å²) in [6.07, 6.45) is 0. The minimum Gasteiger partial charge on any atom is -0.369 e. The topological polar surface area (TPSA) is 18.5 Å². The first-order valence-electron chi connectivity index (χ1n) is 7.64. The van der Waals surface area contributed by atoms with Crippen LogP contribution in [0.5, 0.6) is 0 Å². The number of piperazine rings is 1. The number of hydrogen-bond acceptors (Lipinski definition) is 3. The summed E-state index contributed by atoms with van der Waals surface area (Å²) < 4.78 is 0. The average Bonchev–Trinajstić information content (AvgIpc) is 2.37. The minimum absolute atomic E-state index is 1.11. The third-order valence-corrected chi connectivity index (χ3v) is 4.48. The van der Waals surface area contributed by atoms with Crippen molar-refractivity contribution in [2.24, 2.45) is 0 Å². The predicted octanol–water partition coefficient (Wildman–Crippen LogP) is 2.04. The molecule has 0 amide bonds. The van der Waals surface area contributed by atoms with E-state index in [0.717, 1.165) is 32.7 Å². The third-order valence-electron chi connectivity index (χ3n) is 4.48. The quantitative estimate of drug-likeness (QED) is 0.849. The lowest BCUT2D eigenvalue weighted by atomic mass is 10.0. The van der Waals surface area contributed by atoms with Crippen LogP contribution >= 0.6 is 0 Å². The molecule has 0 bridgehead atoms. The van der Waals surface area contributed by atoms with Crippen LogP contribution in [0.15, 0.2) is 35.4 Å². The molecule has 3 rings (SSSR count). The van der Waals surface area contributed by atoms with Gasteiger partial charge < -0.3 is 10.2 Å². The van der Waals surface area contributed by atoms with Gasteiger partial charge >= 0.3 is 0 Å². The van der Waals surface area contributed by atoms with Crippen molar-refractivity contribution < 1.29 is 0 Å². The molecule has 1 aromatic carbocycles. The zero-order valence-corrected chi connectivity index (χ0v) is 12.7. The Hall–Kier alpha value is -1.32. The monoisotopic (exact) mass is 271 g/mol. The summed E-state index contributed by atoms with van der Waals surface area (Å²) in [5.41, 5.74) is 5.92. The van der Waals surface area contributed by atoms with E-state index in [1.54, 1.807) is 11.1 Å². The van der Waals surface area contributed by atoms with Crippen molar-refractivity contribution in [1.29, 1.82) is 0 Å². The molecule has 1 aromatic rings. The largest absolute Gasteiger partial charge is 0.369 e. The van der Waals surface area contributed by atoms with Gasteiger partial charge in [-0.05, 0) is 37.1 Å². The molecule has 2 aliphatic heterocycles. The van der Waals surface area contributed by atoms with E-state index in [0.29, 0.717) is 0 Å². The van der Waals surface area contributed by atoms with Gasteiger partial charge in [0.25, 0.3) is 0 Å². The Labute approximate surface area is 122 Å². The van der Waals surface area contributed by atoms with E-state index >= 15 is 0 Å². The standard InChI is InChI=1S/C17H25N3/c1-14-4-3-5-17(10-14)20-8-6-19(7-9-20)13-15(2)16-11-18-12-16/h3-5,10,18H,6-9,11-13H2,1-2H3.